The Labute approximate surface area is 122 Å². The molecule has 0 bridgehead atoms. The van der Waals surface area contributed by atoms with Crippen LogP contribution in [0.1, 0.15) is 31.5 Å². The van der Waals surface area contributed by atoms with E-state index in [1.807, 2.05) is 18.5 Å². The molecule has 112 valence electrons. The predicted molar refractivity (Wildman–Crippen MR) is 81.3 cm³/mol. The second-order valence-electron chi connectivity index (χ2n) is 5.49. The third-order valence-corrected chi connectivity index (χ3v) is 3.84. The highest BCUT2D eigenvalue weighted by molar-refractivity contribution is 4.88. The number of aromatic nitrogens is 2. The van der Waals surface area contributed by atoms with E-state index in [0.717, 1.165) is 45.0 Å². The fourth-order valence-electron chi connectivity index (χ4n) is 2.67. The lowest BCUT2D eigenvalue weighted by Crippen LogP contribution is -2.31. The van der Waals surface area contributed by atoms with E-state index in [1.165, 1.54) is 32.4 Å². The highest BCUT2D eigenvalue weighted by atomic mass is 15.2. The molecule has 0 aliphatic carbocycles. The molecule has 5 heteroatoms. The largest absolute Gasteiger partial charge is 0.330 e. The van der Waals surface area contributed by atoms with Crippen LogP contribution in [0.4, 0.5) is 0 Å². The number of hydrogen-bond acceptors (Lipinski definition) is 5. The third kappa shape index (κ3) is 5.53. The minimum atomic E-state index is 0.824. The van der Waals surface area contributed by atoms with E-state index in [2.05, 4.69) is 19.8 Å². The van der Waals surface area contributed by atoms with Crippen molar-refractivity contribution in [2.45, 2.75) is 32.2 Å². The van der Waals surface area contributed by atoms with Crippen LogP contribution in [-0.4, -0.2) is 59.0 Å². The minimum Gasteiger partial charge on any atom is -0.330 e. The monoisotopic (exact) mass is 277 g/mol. The number of hydrogen-bond donors (Lipinski definition) is 1. The summed E-state index contributed by atoms with van der Waals surface area (Å²) in [5.41, 5.74) is 5.53. The van der Waals surface area contributed by atoms with E-state index in [-0.39, 0.29) is 0 Å². The first kappa shape index (κ1) is 15.4. The number of rotatable bonds is 7. The van der Waals surface area contributed by atoms with Gasteiger partial charge in [-0.2, -0.15) is 0 Å². The van der Waals surface area contributed by atoms with Gasteiger partial charge in [-0.25, -0.2) is 9.97 Å². The molecular formula is C15H27N5. The average Bonchev–Trinajstić information content (AvgIpc) is 2.70. The molecule has 0 spiro atoms. The first-order valence-corrected chi connectivity index (χ1v) is 7.79. The van der Waals surface area contributed by atoms with E-state index in [4.69, 9.17) is 5.73 Å². The van der Waals surface area contributed by atoms with Crippen molar-refractivity contribution in [2.24, 2.45) is 5.73 Å². The Morgan fingerprint density at radius 2 is 1.70 bits per heavy atom. The van der Waals surface area contributed by atoms with Crippen molar-refractivity contribution in [1.29, 1.82) is 0 Å². The van der Waals surface area contributed by atoms with Crippen molar-refractivity contribution in [3.8, 4) is 0 Å². The SMILES string of the molecule is NCCCCCN1CCCN(Cc2ncccn2)CC1. The van der Waals surface area contributed by atoms with Gasteiger partial charge in [-0.3, -0.25) is 4.90 Å². The van der Waals surface area contributed by atoms with Gasteiger partial charge in [-0.1, -0.05) is 6.42 Å². The summed E-state index contributed by atoms with van der Waals surface area (Å²) in [6.07, 6.45) is 8.58. The van der Waals surface area contributed by atoms with Gasteiger partial charge >= 0.3 is 0 Å². The minimum absolute atomic E-state index is 0.824. The van der Waals surface area contributed by atoms with Crippen LogP contribution in [0.25, 0.3) is 0 Å². The van der Waals surface area contributed by atoms with Gasteiger partial charge in [0.25, 0.3) is 0 Å². The fraction of sp³-hybridized carbons (Fsp3) is 0.733. The van der Waals surface area contributed by atoms with Gasteiger partial charge in [0.2, 0.25) is 0 Å². The van der Waals surface area contributed by atoms with Gasteiger partial charge in [0.1, 0.15) is 5.82 Å². The van der Waals surface area contributed by atoms with E-state index >= 15 is 0 Å². The zero-order chi connectivity index (χ0) is 14.0. The highest BCUT2D eigenvalue weighted by Crippen LogP contribution is 2.07. The maximum absolute atomic E-state index is 5.53. The van der Waals surface area contributed by atoms with Gasteiger partial charge in [0, 0.05) is 25.5 Å². The summed E-state index contributed by atoms with van der Waals surface area (Å²) in [5.74, 6) is 0.934. The number of nitrogens with two attached hydrogens (primary N) is 1. The van der Waals surface area contributed by atoms with E-state index < -0.39 is 0 Å². The summed E-state index contributed by atoms with van der Waals surface area (Å²) in [5, 5.41) is 0. The Kier molecular flexibility index (Phi) is 6.91. The molecule has 2 rings (SSSR count). The summed E-state index contributed by atoms with van der Waals surface area (Å²) >= 11 is 0. The molecule has 0 unspecified atom stereocenters. The molecule has 5 nitrogen and oxygen atoms in total. The molecule has 1 aliphatic rings. The number of nitrogens with zero attached hydrogens (tertiary/aromatic N) is 4. The molecule has 1 aromatic heterocycles. The summed E-state index contributed by atoms with van der Waals surface area (Å²) < 4.78 is 0. The maximum atomic E-state index is 5.53. The Hall–Kier alpha value is -1.04. The van der Waals surface area contributed by atoms with Crippen LogP contribution in [0, 0.1) is 0 Å². The second-order valence-corrected chi connectivity index (χ2v) is 5.49. The molecule has 1 saturated heterocycles. The molecule has 0 atom stereocenters. The normalized spacial score (nSPS) is 18.1. The van der Waals surface area contributed by atoms with Crippen molar-refractivity contribution >= 4 is 0 Å². The maximum Gasteiger partial charge on any atom is 0.142 e. The molecule has 2 heterocycles. The van der Waals surface area contributed by atoms with Crippen molar-refractivity contribution in [3.05, 3.63) is 24.3 Å². The molecule has 0 saturated carbocycles. The van der Waals surface area contributed by atoms with Crippen LogP contribution in [0.2, 0.25) is 0 Å². The van der Waals surface area contributed by atoms with Crippen molar-refractivity contribution in [3.63, 3.8) is 0 Å². The van der Waals surface area contributed by atoms with Gasteiger partial charge in [-0.15, -0.1) is 0 Å². The van der Waals surface area contributed by atoms with Crippen LogP contribution in [-0.2, 0) is 6.54 Å². The second kappa shape index (κ2) is 9.00. The average molecular weight is 277 g/mol. The highest BCUT2D eigenvalue weighted by Gasteiger charge is 2.15. The molecule has 0 radical (unpaired) electrons. The summed E-state index contributed by atoms with van der Waals surface area (Å²) in [6.45, 7) is 7.57. The summed E-state index contributed by atoms with van der Waals surface area (Å²) in [7, 11) is 0. The Morgan fingerprint density at radius 1 is 0.950 bits per heavy atom. The number of unbranched alkanes of at least 4 members (excludes halogenated alkanes) is 2. The smallest absolute Gasteiger partial charge is 0.142 e. The lowest BCUT2D eigenvalue weighted by atomic mass is 10.2. The first-order chi connectivity index (χ1) is 9.88. The van der Waals surface area contributed by atoms with Crippen LogP contribution in [0.15, 0.2) is 18.5 Å². The summed E-state index contributed by atoms with van der Waals surface area (Å²) in [4.78, 5) is 13.7. The Morgan fingerprint density at radius 3 is 2.50 bits per heavy atom. The van der Waals surface area contributed by atoms with Crippen LogP contribution < -0.4 is 5.73 Å². The summed E-state index contributed by atoms with van der Waals surface area (Å²) in [6, 6.07) is 1.87. The van der Waals surface area contributed by atoms with Crippen LogP contribution >= 0.6 is 0 Å². The predicted octanol–water partition coefficient (Wildman–Crippen LogP) is 1.11. The van der Waals surface area contributed by atoms with Crippen molar-refractivity contribution in [1.82, 2.24) is 19.8 Å². The van der Waals surface area contributed by atoms with Gasteiger partial charge in [-0.05, 0) is 51.5 Å². The van der Waals surface area contributed by atoms with Crippen LogP contribution in [0.3, 0.4) is 0 Å². The molecule has 2 N–H and O–H groups in total. The quantitative estimate of drug-likeness (QED) is 0.757. The Balaban J connectivity index is 1.69. The van der Waals surface area contributed by atoms with Gasteiger partial charge in [0.05, 0.1) is 6.54 Å². The molecule has 1 aromatic rings. The first-order valence-electron chi connectivity index (χ1n) is 7.79. The Bertz CT molecular complexity index is 357. The van der Waals surface area contributed by atoms with Crippen molar-refractivity contribution < 1.29 is 0 Å². The van der Waals surface area contributed by atoms with E-state index in [0.29, 0.717) is 0 Å². The van der Waals surface area contributed by atoms with Crippen molar-refractivity contribution in [2.75, 3.05) is 39.3 Å². The molecular weight excluding hydrogens is 250 g/mol. The molecule has 0 amide bonds. The standard InChI is InChI=1S/C15H27N5/c16-6-2-1-3-9-19-10-5-11-20(13-12-19)14-15-17-7-4-8-18-15/h4,7-8H,1-3,5-6,9-14,16H2. The lowest BCUT2D eigenvalue weighted by Gasteiger charge is -2.21. The van der Waals surface area contributed by atoms with Gasteiger partial charge in [0.15, 0.2) is 0 Å². The third-order valence-electron chi connectivity index (χ3n) is 3.84. The van der Waals surface area contributed by atoms with E-state index in [1.54, 1.807) is 0 Å². The zero-order valence-electron chi connectivity index (χ0n) is 12.4. The fourth-order valence-corrected chi connectivity index (χ4v) is 2.67. The molecule has 0 aromatic carbocycles. The van der Waals surface area contributed by atoms with Gasteiger partial charge < -0.3 is 10.6 Å². The topological polar surface area (TPSA) is 58.3 Å². The van der Waals surface area contributed by atoms with Crippen LogP contribution in [0.5, 0.6) is 0 Å². The van der Waals surface area contributed by atoms with E-state index in [9.17, 15) is 0 Å². The molecule has 20 heavy (non-hydrogen) atoms. The molecule has 1 fully saturated rings. The molecule has 1 aliphatic heterocycles. The lowest BCUT2D eigenvalue weighted by molar-refractivity contribution is 0.245. The zero-order valence-corrected chi connectivity index (χ0v) is 12.4.